The zero-order valence-electron chi connectivity index (χ0n) is 12.3. The van der Waals surface area contributed by atoms with E-state index in [9.17, 15) is 9.90 Å². The van der Waals surface area contributed by atoms with Crippen LogP contribution in [-0.4, -0.2) is 22.7 Å². The molecule has 1 unspecified atom stereocenters. The molecule has 5 nitrogen and oxygen atoms in total. The molecular formula is C15H19N3O2S. The van der Waals surface area contributed by atoms with Crippen molar-refractivity contribution in [1.29, 1.82) is 0 Å². The molecule has 0 aliphatic rings. The molecule has 0 bridgehead atoms. The Hall–Kier alpha value is -1.92. The zero-order chi connectivity index (χ0) is 15.5. The second-order valence-corrected chi connectivity index (χ2v) is 6.18. The number of nitrogens with zero attached hydrogens (tertiary/aromatic N) is 1. The van der Waals surface area contributed by atoms with Crippen molar-refractivity contribution < 1.29 is 9.90 Å². The van der Waals surface area contributed by atoms with Crippen LogP contribution in [0.3, 0.4) is 0 Å². The Bertz CT molecular complexity index is 604. The van der Waals surface area contributed by atoms with Crippen LogP contribution >= 0.6 is 11.3 Å². The smallest absolute Gasteiger partial charge is 0.320 e. The fourth-order valence-corrected chi connectivity index (χ4v) is 2.78. The van der Waals surface area contributed by atoms with Gasteiger partial charge in [0.15, 0.2) is 0 Å². The highest BCUT2D eigenvalue weighted by Gasteiger charge is 2.24. The molecule has 0 spiro atoms. The second-order valence-electron chi connectivity index (χ2n) is 5.23. The van der Waals surface area contributed by atoms with Gasteiger partial charge in [-0.3, -0.25) is 5.32 Å². The molecular weight excluding hydrogens is 286 g/mol. The SMILES string of the molecule is Cc1cc(C)nc(NC(=O)NCC(C)(O)c2cccs2)c1. The fourth-order valence-electron chi connectivity index (χ4n) is 1.99. The Balaban J connectivity index is 1.93. The number of nitrogens with one attached hydrogen (secondary N) is 2. The van der Waals surface area contributed by atoms with Crippen molar-refractivity contribution in [1.82, 2.24) is 10.3 Å². The van der Waals surface area contributed by atoms with E-state index in [1.165, 1.54) is 11.3 Å². The number of aryl methyl sites for hydroxylation is 2. The first-order chi connectivity index (χ1) is 9.87. The van der Waals surface area contributed by atoms with Gasteiger partial charge in [-0.25, -0.2) is 9.78 Å². The summed E-state index contributed by atoms with van der Waals surface area (Å²) in [6.45, 7) is 5.62. The predicted octanol–water partition coefficient (Wildman–Crippen LogP) is 2.79. The number of hydrogen-bond donors (Lipinski definition) is 3. The lowest BCUT2D eigenvalue weighted by molar-refractivity contribution is 0.0637. The predicted molar refractivity (Wildman–Crippen MR) is 84.6 cm³/mol. The third-order valence-corrected chi connectivity index (χ3v) is 4.11. The van der Waals surface area contributed by atoms with Crippen LogP contribution in [0, 0.1) is 13.8 Å². The molecule has 0 aliphatic heterocycles. The molecule has 3 N–H and O–H groups in total. The molecule has 21 heavy (non-hydrogen) atoms. The van der Waals surface area contributed by atoms with Crippen molar-refractivity contribution in [2.75, 3.05) is 11.9 Å². The van der Waals surface area contributed by atoms with Gasteiger partial charge in [0.1, 0.15) is 11.4 Å². The van der Waals surface area contributed by atoms with Gasteiger partial charge in [0.05, 0.1) is 6.54 Å². The normalized spacial score (nSPS) is 13.5. The first kappa shape index (κ1) is 15.5. The highest BCUT2D eigenvalue weighted by Crippen LogP contribution is 2.24. The van der Waals surface area contributed by atoms with Crippen LogP contribution in [0.4, 0.5) is 10.6 Å². The first-order valence-corrected chi connectivity index (χ1v) is 7.51. The Labute approximate surface area is 128 Å². The number of amides is 2. The lowest BCUT2D eigenvalue weighted by Crippen LogP contribution is -2.40. The van der Waals surface area contributed by atoms with Crippen molar-refractivity contribution >= 4 is 23.2 Å². The van der Waals surface area contributed by atoms with Crippen molar-refractivity contribution in [2.24, 2.45) is 0 Å². The molecule has 6 heteroatoms. The maximum absolute atomic E-state index is 11.9. The fraction of sp³-hybridized carbons (Fsp3) is 0.333. The average Bonchev–Trinajstić information content (AvgIpc) is 2.89. The molecule has 2 amide bonds. The Kier molecular flexibility index (Phi) is 4.59. The molecule has 2 rings (SSSR count). The van der Waals surface area contributed by atoms with Gasteiger partial charge in [-0.15, -0.1) is 11.3 Å². The summed E-state index contributed by atoms with van der Waals surface area (Å²) in [5.41, 5.74) is 0.792. The number of carbonyl (C=O) groups is 1. The van der Waals surface area contributed by atoms with Gasteiger partial charge in [0.2, 0.25) is 0 Å². The van der Waals surface area contributed by atoms with Gasteiger partial charge in [-0.05, 0) is 49.9 Å². The molecule has 0 saturated carbocycles. The van der Waals surface area contributed by atoms with E-state index in [0.717, 1.165) is 16.1 Å². The number of urea groups is 1. The third-order valence-electron chi connectivity index (χ3n) is 2.98. The van der Waals surface area contributed by atoms with Crippen LogP contribution in [0.5, 0.6) is 0 Å². The summed E-state index contributed by atoms with van der Waals surface area (Å²) in [7, 11) is 0. The van der Waals surface area contributed by atoms with Crippen LogP contribution in [0.25, 0.3) is 0 Å². The van der Waals surface area contributed by atoms with Gasteiger partial charge < -0.3 is 10.4 Å². The van der Waals surface area contributed by atoms with Gasteiger partial charge >= 0.3 is 6.03 Å². The van der Waals surface area contributed by atoms with Crippen LogP contribution in [0.15, 0.2) is 29.6 Å². The van der Waals surface area contributed by atoms with Crippen LogP contribution < -0.4 is 10.6 Å². The Morgan fingerprint density at radius 3 is 2.81 bits per heavy atom. The number of aliphatic hydroxyl groups is 1. The standard InChI is InChI=1S/C15H19N3O2S/c1-10-7-11(2)17-13(8-10)18-14(19)16-9-15(3,20)12-5-4-6-21-12/h4-8,20H,9H2,1-3H3,(H2,16,17,18,19). The van der Waals surface area contributed by atoms with E-state index in [4.69, 9.17) is 0 Å². The van der Waals surface area contributed by atoms with Crippen molar-refractivity contribution in [3.8, 4) is 0 Å². The summed E-state index contributed by atoms with van der Waals surface area (Å²) in [5.74, 6) is 0.501. The number of aromatic nitrogens is 1. The quantitative estimate of drug-likeness (QED) is 0.813. The lowest BCUT2D eigenvalue weighted by atomic mass is 10.1. The highest BCUT2D eigenvalue weighted by molar-refractivity contribution is 7.10. The molecule has 1 atom stereocenters. The van der Waals surface area contributed by atoms with Crippen LogP contribution in [-0.2, 0) is 5.60 Å². The summed E-state index contributed by atoms with van der Waals surface area (Å²) in [6, 6.07) is 7.06. The molecule has 112 valence electrons. The van der Waals surface area contributed by atoms with E-state index in [1.54, 1.807) is 13.0 Å². The number of hydrogen-bond acceptors (Lipinski definition) is 4. The van der Waals surface area contributed by atoms with Crippen molar-refractivity contribution in [2.45, 2.75) is 26.4 Å². The second kappa shape index (κ2) is 6.24. The number of anilines is 1. The minimum absolute atomic E-state index is 0.129. The molecule has 0 saturated heterocycles. The van der Waals surface area contributed by atoms with E-state index < -0.39 is 5.60 Å². The Morgan fingerprint density at radius 2 is 2.19 bits per heavy atom. The number of carbonyl (C=O) groups excluding carboxylic acids is 1. The maximum atomic E-state index is 11.9. The van der Waals surface area contributed by atoms with Gasteiger partial charge in [-0.1, -0.05) is 6.07 Å². The number of thiophene rings is 1. The van der Waals surface area contributed by atoms with Crippen LogP contribution in [0.2, 0.25) is 0 Å². The number of pyridine rings is 1. The highest BCUT2D eigenvalue weighted by atomic mass is 32.1. The van der Waals surface area contributed by atoms with Gasteiger partial charge in [0.25, 0.3) is 0 Å². The lowest BCUT2D eigenvalue weighted by Gasteiger charge is -2.22. The summed E-state index contributed by atoms with van der Waals surface area (Å²) in [4.78, 5) is 16.9. The van der Waals surface area contributed by atoms with E-state index >= 15 is 0 Å². The zero-order valence-corrected chi connectivity index (χ0v) is 13.1. The van der Waals surface area contributed by atoms with Crippen LogP contribution in [0.1, 0.15) is 23.1 Å². The topological polar surface area (TPSA) is 74.2 Å². The minimum atomic E-state index is -1.08. The summed E-state index contributed by atoms with van der Waals surface area (Å²) in [6.07, 6.45) is 0. The van der Waals surface area contributed by atoms with Gasteiger partial charge in [0, 0.05) is 10.6 Å². The monoisotopic (exact) mass is 305 g/mol. The minimum Gasteiger partial charge on any atom is -0.383 e. The molecule has 2 heterocycles. The van der Waals surface area contributed by atoms with E-state index in [-0.39, 0.29) is 12.6 Å². The largest absolute Gasteiger partial charge is 0.383 e. The van der Waals surface area contributed by atoms with E-state index in [1.807, 2.05) is 37.4 Å². The average molecular weight is 305 g/mol. The first-order valence-electron chi connectivity index (χ1n) is 6.63. The van der Waals surface area contributed by atoms with Crippen molar-refractivity contribution in [3.63, 3.8) is 0 Å². The Morgan fingerprint density at radius 1 is 1.43 bits per heavy atom. The van der Waals surface area contributed by atoms with Crippen molar-refractivity contribution in [3.05, 3.63) is 45.8 Å². The molecule has 0 fully saturated rings. The molecule has 2 aromatic heterocycles. The maximum Gasteiger partial charge on any atom is 0.320 e. The summed E-state index contributed by atoms with van der Waals surface area (Å²) >= 11 is 1.46. The molecule has 0 radical (unpaired) electrons. The third kappa shape index (κ3) is 4.27. The number of rotatable bonds is 4. The molecule has 2 aromatic rings. The van der Waals surface area contributed by atoms with Gasteiger partial charge in [-0.2, -0.15) is 0 Å². The molecule has 0 aromatic carbocycles. The summed E-state index contributed by atoms with van der Waals surface area (Å²) < 4.78 is 0. The van der Waals surface area contributed by atoms with E-state index in [2.05, 4.69) is 15.6 Å². The van der Waals surface area contributed by atoms with E-state index in [0.29, 0.717) is 5.82 Å². The molecule has 0 aliphatic carbocycles. The summed E-state index contributed by atoms with van der Waals surface area (Å²) in [5, 5.41) is 17.6.